The van der Waals surface area contributed by atoms with E-state index >= 15 is 0 Å². The fourth-order valence-corrected chi connectivity index (χ4v) is 3.53. The lowest BCUT2D eigenvalue weighted by atomic mass is 10.2. The van der Waals surface area contributed by atoms with Crippen molar-refractivity contribution >= 4 is 34.9 Å². The van der Waals surface area contributed by atoms with Gasteiger partial charge in [-0.15, -0.1) is 0 Å². The van der Waals surface area contributed by atoms with E-state index in [1.165, 1.54) is 0 Å². The molecule has 0 aromatic heterocycles. The minimum absolute atomic E-state index is 0.199. The number of amides is 3. The molecule has 3 amide bonds. The van der Waals surface area contributed by atoms with Gasteiger partial charge in [0.25, 0.3) is 11.1 Å². The molecule has 0 saturated carbocycles. The summed E-state index contributed by atoms with van der Waals surface area (Å²) in [7, 11) is 1.55. The number of thioether (sulfide) groups is 1. The van der Waals surface area contributed by atoms with Crippen LogP contribution in [0.15, 0.2) is 29.2 Å². The monoisotopic (exact) mass is 376 g/mol. The molecule has 0 N–H and O–H groups in total. The third kappa shape index (κ3) is 4.66. The average molecular weight is 376 g/mol. The van der Waals surface area contributed by atoms with E-state index in [0.717, 1.165) is 29.5 Å². The number of ether oxygens (including phenoxy) is 1. The molecule has 0 atom stereocenters. The Morgan fingerprint density at radius 3 is 2.46 bits per heavy atom. The van der Waals surface area contributed by atoms with Crippen LogP contribution in [0.1, 0.15) is 32.3 Å². The summed E-state index contributed by atoms with van der Waals surface area (Å²) in [6, 6.07) is 7.25. The van der Waals surface area contributed by atoms with Crippen molar-refractivity contribution in [2.75, 3.05) is 26.7 Å². The predicted molar refractivity (Wildman–Crippen MR) is 103 cm³/mol. The SMILES string of the molecule is CCCN(CCC)C(=O)CN1C(=O)S/C(=C\c2ccccc2OC)C1=O. The zero-order valence-electron chi connectivity index (χ0n) is 15.4. The lowest BCUT2D eigenvalue weighted by Gasteiger charge is -2.23. The highest BCUT2D eigenvalue weighted by Crippen LogP contribution is 2.33. The maximum absolute atomic E-state index is 12.6. The topological polar surface area (TPSA) is 66.9 Å². The number of carbonyl (C=O) groups is 3. The maximum Gasteiger partial charge on any atom is 0.294 e. The number of rotatable bonds is 8. The van der Waals surface area contributed by atoms with Crippen LogP contribution in [0.25, 0.3) is 6.08 Å². The smallest absolute Gasteiger partial charge is 0.294 e. The Labute approximate surface area is 158 Å². The van der Waals surface area contributed by atoms with E-state index in [1.807, 2.05) is 32.0 Å². The van der Waals surface area contributed by atoms with E-state index < -0.39 is 11.1 Å². The molecule has 1 aliphatic heterocycles. The standard InChI is InChI=1S/C19H24N2O4S/c1-4-10-20(11-5-2)17(22)13-21-18(23)16(26-19(21)24)12-14-8-6-7-9-15(14)25-3/h6-9,12H,4-5,10-11,13H2,1-3H3/b16-12-. The van der Waals surface area contributed by atoms with Gasteiger partial charge < -0.3 is 9.64 Å². The number of para-hydroxylation sites is 1. The van der Waals surface area contributed by atoms with Crippen LogP contribution in [0, 0.1) is 0 Å². The van der Waals surface area contributed by atoms with Gasteiger partial charge in [-0.3, -0.25) is 19.3 Å². The molecule has 1 aromatic carbocycles. The number of benzene rings is 1. The molecule has 1 aliphatic rings. The Kier molecular flexibility index (Phi) is 7.26. The minimum Gasteiger partial charge on any atom is -0.496 e. The van der Waals surface area contributed by atoms with Gasteiger partial charge >= 0.3 is 0 Å². The van der Waals surface area contributed by atoms with Crippen LogP contribution in [-0.4, -0.2) is 53.6 Å². The van der Waals surface area contributed by atoms with Crippen LogP contribution < -0.4 is 4.74 Å². The second-order valence-corrected chi connectivity index (χ2v) is 6.88. The Morgan fingerprint density at radius 2 is 1.85 bits per heavy atom. The van der Waals surface area contributed by atoms with Crippen molar-refractivity contribution in [3.8, 4) is 5.75 Å². The van der Waals surface area contributed by atoms with Crippen molar-refractivity contribution in [3.05, 3.63) is 34.7 Å². The first-order valence-electron chi connectivity index (χ1n) is 8.67. The molecule has 0 spiro atoms. The summed E-state index contributed by atoms with van der Waals surface area (Å²) in [5.74, 6) is -0.0193. The van der Waals surface area contributed by atoms with Crippen LogP contribution in [0.2, 0.25) is 0 Å². The third-order valence-electron chi connectivity index (χ3n) is 3.93. The molecule has 0 unspecified atom stereocenters. The molecule has 1 heterocycles. The van der Waals surface area contributed by atoms with Crippen molar-refractivity contribution in [3.63, 3.8) is 0 Å². The molecule has 0 radical (unpaired) electrons. The van der Waals surface area contributed by atoms with Crippen LogP contribution in [0.3, 0.4) is 0 Å². The van der Waals surface area contributed by atoms with Crippen molar-refractivity contribution in [2.45, 2.75) is 26.7 Å². The van der Waals surface area contributed by atoms with Gasteiger partial charge in [0.1, 0.15) is 12.3 Å². The highest BCUT2D eigenvalue weighted by molar-refractivity contribution is 8.18. The van der Waals surface area contributed by atoms with E-state index in [-0.39, 0.29) is 12.5 Å². The Bertz CT molecular complexity index is 711. The molecule has 26 heavy (non-hydrogen) atoms. The van der Waals surface area contributed by atoms with Crippen molar-refractivity contribution in [1.29, 1.82) is 0 Å². The zero-order chi connectivity index (χ0) is 19.1. The van der Waals surface area contributed by atoms with Gasteiger partial charge in [-0.2, -0.15) is 0 Å². The molecule has 0 bridgehead atoms. The molecular weight excluding hydrogens is 352 g/mol. The quantitative estimate of drug-likeness (QED) is 0.651. The predicted octanol–water partition coefficient (Wildman–Crippen LogP) is 3.38. The van der Waals surface area contributed by atoms with Gasteiger partial charge in [0.2, 0.25) is 5.91 Å². The van der Waals surface area contributed by atoms with Gasteiger partial charge in [-0.1, -0.05) is 32.0 Å². The third-order valence-corrected chi connectivity index (χ3v) is 4.84. The minimum atomic E-state index is -0.438. The summed E-state index contributed by atoms with van der Waals surface area (Å²) in [6.45, 7) is 5.02. The number of methoxy groups -OCH3 is 1. The van der Waals surface area contributed by atoms with Crippen LogP contribution in [-0.2, 0) is 9.59 Å². The number of hydrogen-bond donors (Lipinski definition) is 0. The fraction of sp³-hybridized carbons (Fsp3) is 0.421. The number of nitrogens with zero attached hydrogens (tertiary/aromatic N) is 2. The summed E-state index contributed by atoms with van der Waals surface area (Å²) in [5.41, 5.74) is 0.713. The lowest BCUT2D eigenvalue weighted by molar-refractivity contribution is -0.135. The largest absolute Gasteiger partial charge is 0.496 e. The lowest BCUT2D eigenvalue weighted by Crippen LogP contribution is -2.42. The van der Waals surface area contributed by atoms with Crippen molar-refractivity contribution < 1.29 is 19.1 Å². The van der Waals surface area contributed by atoms with E-state index in [0.29, 0.717) is 29.3 Å². The summed E-state index contributed by atoms with van der Waals surface area (Å²) in [4.78, 5) is 40.3. The maximum atomic E-state index is 12.6. The van der Waals surface area contributed by atoms with E-state index in [2.05, 4.69) is 0 Å². The van der Waals surface area contributed by atoms with Gasteiger partial charge in [-0.05, 0) is 36.7 Å². The number of hydrogen-bond acceptors (Lipinski definition) is 5. The van der Waals surface area contributed by atoms with Crippen LogP contribution in [0.4, 0.5) is 4.79 Å². The fourth-order valence-electron chi connectivity index (χ4n) is 2.70. The molecule has 1 saturated heterocycles. The summed E-state index contributed by atoms with van der Waals surface area (Å²) < 4.78 is 5.27. The molecule has 1 aromatic rings. The van der Waals surface area contributed by atoms with E-state index in [4.69, 9.17) is 4.74 Å². The Morgan fingerprint density at radius 1 is 1.19 bits per heavy atom. The van der Waals surface area contributed by atoms with E-state index in [9.17, 15) is 14.4 Å². The summed E-state index contributed by atoms with van der Waals surface area (Å²) in [6.07, 6.45) is 3.30. The first-order chi connectivity index (χ1) is 12.5. The first-order valence-corrected chi connectivity index (χ1v) is 9.49. The molecule has 6 nitrogen and oxygen atoms in total. The number of carbonyl (C=O) groups excluding carboxylic acids is 3. The Balaban J connectivity index is 2.15. The molecule has 0 aliphatic carbocycles. The van der Waals surface area contributed by atoms with Gasteiger partial charge in [0.15, 0.2) is 0 Å². The molecule has 140 valence electrons. The van der Waals surface area contributed by atoms with Gasteiger partial charge in [0.05, 0.1) is 12.0 Å². The van der Waals surface area contributed by atoms with Crippen LogP contribution >= 0.6 is 11.8 Å². The summed E-state index contributed by atoms with van der Waals surface area (Å²) in [5, 5.41) is -0.419. The van der Waals surface area contributed by atoms with Crippen molar-refractivity contribution in [1.82, 2.24) is 9.80 Å². The van der Waals surface area contributed by atoms with Gasteiger partial charge in [0, 0.05) is 18.7 Å². The van der Waals surface area contributed by atoms with E-state index in [1.54, 1.807) is 24.2 Å². The zero-order valence-corrected chi connectivity index (χ0v) is 16.2. The Hall–Kier alpha value is -2.28. The molecular formula is C19H24N2O4S. The normalized spacial score (nSPS) is 15.7. The first kappa shape index (κ1) is 20.0. The van der Waals surface area contributed by atoms with Crippen LogP contribution in [0.5, 0.6) is 5.75 Å². The highest BCUT2D eigenvalue weighted by atomic mass is 32.2. The second-order valence-electron chi connectivity index (χ2n) is 5.89. The van der Waals surface area contributed by atoms with Crippen molar-refractivity contribution in [2.24, 2.45) is 0 Å². The average Bonchev–Trinajstić information content (AvgIpc) is 2.89. The second kappa shape index (κ2) is 9.43. The van der Waals surface area contributed by atoms with Gasteiger partial charge in [-0.25, -0.2) is 0 Å². The number of imide groups is 1. The molecule has 1 fully saturated rings. The highest BCUT2D eigenvalue weighted by Gasteiger charge is 2.37. The molecule has 2 rings (SSSR count). The molecule has 7 heteroatoms. The summed E-state index contributed by atoms with van der Waals surface area (Å²) >= 11 is 0.848.